The third-order valence-corrected chi connectivity index (χ3v) is 3.45. The summed E-state index contributed by atoms with van der Waals surface area (Å²) in [5.41, 5.74) is 5.39. The molecule has 0 aliphatic heterocycles. The lowest BCUT2D eigenvalue weighted by Gasteiger charge is -2.08. The number of hydrazone groups is 1. The van der Waals surface area contributed by atoms with E-state index >= 15 is 0 Å². The Morgan fingerprint density at radius 3 is 2.42 bits per heavy atom. The van der Waals surface area contributed by atoms with Gasteiger partial charge in [-0.05, 0) is 36.2 Å². The van der Waals surface area contributed by atoms with Crippen LogP contribution >= 0.6 is 0 Å². The average Bonchev–Trinajstić information content (AvgIpc) is 2.64. The van der Waals surface area contributed by atoms with Crippen LogP contribution in [-0.4, -0.2) is 25.3 Å². The van der Waals surface area contributed by atoms with Crippen LogP contribution in [0.4, 0.5) is 5.69 Å². The number of hydrogen-bond acceptors (Lipinski definition) is 4. The number of nitrogens with one attached hydrogen (secondary N) is 2. The molecule has 2 N–H and O–H groups in total. The van der Waals surface area contributed by atoms with E-state index < -0.39 is 0 Å². The van der Waals surface area contributed by atoms with Crippen LogP contribution in [0.25, 0.3) is 0 Å². The predicted molar refractivity (Wildman–Crippen MR) is 97.5 cm³/mol. The van der Waals surface area contributed by atoms with Crippen molar-refractivity contribution < 1.29 is 9.53 Å². The van der Waals surface area contributed by atoms with Gasteiger partial charge in [0.25, 0.3) is 5.91 Å². The van der Waals surface area contributed by atoms with Gasteiger partial charge in [-0.1, -0.05) is 43.7 Å². The van der Waals surface area contributed by atoms with Gasteiger partial charge in [-0.2, -0.15) is 5.10 Å². The summed E-state index contributed by atoms with van der Waals surface area (Å²) in [5, 5.41) is 7.33. The van der Waals surface area contributed by atoms with Crippen LogP contribution in [0.5, 0.6) is 5.75 Å². The Morgan fingerprint density at radius 1 is 1.08 bits per heavy atom. The lowest BCUT2D eigenvalue weighted by atomic mass is 10.1. The molecule has 0 unspecified atom stereocenters. The fourth-order valence-corrected chi connectivity index (χ4v) is 2.19. The number of carbonyl (C=O) groups excluding carboxylic acids is 1. The first-order valence-electron chi connectivity index (χ1n) is 8.01. The van der Waals surface area contributed by atoms with Gasteiger partial charge in [0, 0.05) is 5.69 Å². The summed E-state index contributed by atoms with van der Waals surface area (Å²) < 4.78 is 5.10. The molecule has 0 aliphatic carbocycles. The fraction of sp³-hybridized carbons (Fsp3) is 0.263. The first kappa shape index (κ1) is 17.5. The van der Waals surface area contributed by atoms with E-state index in [-0.39, 0.29) is 12.5 Å². The Hall–Kier alpha value is -2.82. The number of nitrogens with zero attached hydrogens (tertiary/aromatic N) is 1. The highest BCUT2D eigenvalue weighted by molar-refractivity contribution is 6.01. The lowest BCUT2D eigenvalue weighted by Crippen LogP contribution is -2.27. The number of hydrogen-bond donors (Lipinski definition) is 2. The molecule has 0 spiro atoms. The molecule has 5 heteroatoms. The molecular weight excluding hydrogens is 302 g/mol. The van der Waals surface area contributed by atoms with E-state index in [2.05, 4.69) is 22.8 Å². The SMILES string of the molecule is CCCC(=NNC(=O)CNc1ccc(OC)cc1)c1ccccc1. The van der Waals surface area contributed by atoms with E-state index in [4.69, 9.17) is 4.74 Å². The van der Waals surface area contributed by atoms with E-state index in [9.17, 15) is 4.79 Å². The van der Waals surface area contributed by atoms with Crippen molar-refractivity contribution in [2.24, 2.45) is 5.10 Å². The molecule has 0 saturated heterocycles. The maximum Gasteiger partial charge on any atom is 0.259 e. The molecule has 0 heterocycles. The molecule has 24 heavy (non-hydrogen) atoms. The molecule has 0 fully saturated rings. The first-order valence-corrected chi connectivity index (χ1v) is 8.01. The van der Waals surface area contributed by atoms with Crippen LogP contribution in [0, 0.1) is 0 Å². The maximum atomic E-state index is 12.0. The number of ether oxygens (including phenoxy) is 1. The Bertz CT molecular complexity index is 667. The van der Waals surface area contributed by atoms with Gasteiger partial charge in [0.15, 0.2) is 0 Å². The third-order valence-electron chi connectivity index (χ3n) is 3.45. The smallest absolute Gasteiger partial charge is 0.259 e. The number of methoxy groups -OCH3 is 1. The van der Waals surface area contributed by atoms with E-state index in [0.717, 1.165) is 35.6 Å². The molecule has 0 aromatic heterocycles. The second-order valence-electron chi connectivity index (χ2n) is 5.29. The van der Waals surface area contributed by atoms with Gasteiger partial charge in [0.2, 0.25) is 0 Å². The van der Waals surface area contributed by atoms with Crippen molar-refractivity contribution in [2.45, 2.75) is 19.8 Å². The molecule has 0 bridgehead atoms. The molecule has 126 valence electrons. The number of anilines is 1. The Labute approximate surface area is 142 Å². The van der Waals surface area contributed by atoms with Crippen molar-refractivity contribution >= 4 is 17.3 Å². The molecular formula is C19H23N3O2. The largest absolute Gasteiger partial charge is 0.497 e. The van der Waals surface area contributed by atoms with Crippen LogP contribution in [0.2, 0.25) is 0 Å². The molecule has 1 amide bonds. The highest BCUT2D eigenvalue weighted by Gasteiger charge is 2.04. The average molecular weight is 325 g/mol. The number of rotatable bonds is 8. The molecule has 0 saturated carbocycles. The molecule has 0 radical (unpaired) electrons. The molecule has 2 aromatic carbocycles. The molecule has 2 rings (SSSR count). The minimum Gasteiger partial charge on any atom is -0.497 e. The van der Waals surface area contributed by atoms with E-state index in [0.29, 0.717) is 0 Å². The van der Waals surface area contributed by atoms with Crippen LogP contribution < -0.4 is 15.5 Å². The normalized spacial score (nSPS) is 11.0. The van der Waals surface area contributed by atoms with Gasteiger partial charge in [0.05, 0.1) is 19.4 Å². The zero-order chi connectivity index (χ0) is 17.2. The quantitative estimate of drug-likeness (QED) is 0.577. The van der Waals surface area contributed by atoms with Crippen molar-refractivity contribution in [2.75, 3.05) is 19.0 Å². The Morgan fingerprint density at radius 2 is 1.79 bits per heavy atom. The standard InChI is InChI=1S/C19H23N3O2/c1-3-7-18(15-8-5-4-6-9-15)21-22-19(23)14-20-16-10-12-17(24-2)13-11-16/h4-6,8-13,20H,3,7,14H2,1-2H3,(H,22,23). The van der Waals surface area contributed by atoms with Crippen molar-refractivity contribution in [3.8, 4) is 5.75 Å². The Kier molecular flexibility index (Phi) is 6.83. The minimum atomic E-state index is -0.185. The third kappa shape index (κ3) is 5.43. The van der Waals surface area contributed by atoms with Crippen molar-refractivity contribution in [1.29, 1.82) is 0 Å². The van der Waals surface area contributed by atoms with E-state index in [1.807, 2.05) is 54.6 Å². The summed E-state index contributed by atoms with van der Waals surface area (Å²) in [5.74, 6) is 0.594. The molecule has 0 atom stereocenters. The highest BCUT2D eigenvalue weighted by atomic mass is 16.5. The van der Waals surface area contributed by atoms with E-state index in [1.54, 1.807) is 7.11 Å². The monoisotopic (exact) mass is 325 g/mol. The second-order valence-corrected chi connectivity index (χ2v) is 5.29. The van der Waals surface area contributed by atoms with Gasteiger partial charge >= 0.3 is 0 Å². The van der Waals surface area contributed by atoms with Gasteiger partial charge in [-0.25, -0.2) is 5.43 Å². The van der Waals surface area contributed by atoms with Crippen LogP contribution in [0.15, 0.2) is 59.7 Å². The fourth-order valence-electron chi connectivity index (χ4n) is 2.19. The van der Waals surface area contributed by atoms with Gasteiger partial charge in [-0.15, -0.1) is 0 Å². The topological polar surface area (TPSA) is 62.7 Å². The van der Waals surface area contributed by atoms with Gasteiger partial charge in [0.1, 0.15) is 5.75 Å². The van der Waals surface area contributed by atoms with Crippen LogP contribution in [0.3, 0.4) is 0 Å². The van der Waals surface area contributed by atoms with Crippen molar-refractivity contribution in [3.63, 3.8) is 0 Å². The summed E-state index contributed by atoms with van der Waals surface area (Å²) in [7, 11) is 1.62. The molecule has 2 aromatic rings. The molecule has 5 nitrogen and oxygen atoms in total. The summed E-state index contributed by atoms with van der Waals surface area (Å²) in [4.78, 5) is 12.0. The van der Waals surface area contributed by atoms with Crippen LogP contribution in [-0.2, 0) is 4.79 Å². The summed E-state index contributed by atoms with van der Waals surface area (Å²) >= 11 is 0. The zero-order valence-electron chi connectivity index (χ0n) is 14.1. The summed E-state index contributed by atoms with van der Waals surface area (Å²) in [6, 6.07) is 17.3. The van der Waals surface area contributed by atoms with E-state index in [1.165, 1.54) is 0 Å². The van der Waals surface area contributed by atoms with Crippen LogP contribution in [0.1, 0.15) is 25.3 Å². The molecule has 0 aliphatic rings. The lowest BCUT2D eigenvalue weighted by molar-refractivity contribution is -0.119. The summed E-state index contributed by atoms with van der Waals surface area (Å²) in [6.45, 7) is 2.25. The number of carbonyl (C=O) groups is 1. The predicted octanol–water partition coefficient (Wildman–Crippen LogP) is 3.43. The van der Waals surface area contributed by atoms with Gasteiger partial charge < -0.3 is 10.1 Å². The zero-order valence-corrected chi connectivity index (χ0v) is 14.1. The van der Waals surface area contributed by atoms with Crippen molar-refractivity contribution in [3.05, 3.63) is 60.2 Å². The maximum absolute atomic E-state index is 12.0. The number of benzene rings is 2. The summed E-state index contributed by atoms with van der Waals surface area (Å²) in [6.07, 6.45) is 1.78. The number of amides is 1. The van der Waals surface area contributed by atoms with Crippen molar-refractivity contribution in [1.82, 2.24) is 5.43 Å². The van der Waals surface area contributed by atoms with Gasteiger partial charge in [-0.3, -0.25) is 4.79 Å². The first-order chi connectivity index (χ1) is 11.7. The second kappa shape index (κ2) is 9.35. The Balaban J connectivity index is 1.89. The minimum absolute atomic E-state index is 0.157. The highest BCUT2D eigenvalue weighted by Crippen LogP contribution is 2.14.